The molecule has 108 valence electrons. The van der Waals surface area contributed by atoms with Gasteiger partial charge in [-0.25, -0.2) is 4.39 Å². The molecule has 3 nitrogen and oxygen atoms in total. The Morgan fingerprint density at radius 2 is 2.00 bits per heavy atom. The molecule has 0 aliphatic carbocycles. The van der Waals surface area contributed by atoms with Gasteiger partial charge in [-0.2, -0.15) is 0 Å². The molecule has 0 saturated carbocycles. The molecule has 0 fully saturated rings. The molecule has 1 heterocycles. The van der Waals surface area contributed by atoms with Gasteiger partial charge >= 0.3 is 0 Å². The lowest BCUT2D eigenvalue weighted by atomic mass is 10.1. The molecule has 2 aromatic carbocycles. The van der Waals surface area contributed by atoms with Crippen LogP contribution in [0.5, 0.6) is 5.75 Å². The molecule has 1 unspecified atom stereocenters. The van der Waals surface area contributed by atoms with E-state index in [1.54, 1.807) is 19.2 Å². The quantitative estimate of drug-likeness (QED) is 0.724. The fourth-order valence-corrected chi connectivity index (χ4v) is 2.94. The third-order valence-corrected chi connectivity index (χ3v) is 3.97. The minimum Gasteiger partial charge on any atom is -0.497 e. The summed E-state index contributed by atoms with van der Waals surface area (Å²) in [6, 6.07) is 12.3. The minimum absolute atomic E-state index is 0.194. The second-order valence-electron chi connectivity index (χ2n) is 4.88. The number of nitrogens with zero attached hydrogens (tertiary/aromatic N) is 1. The number of methoxy groups -OCH3 is 1. The van der Waals surface area contributed by atoms with Crippen LogP contribution in [0.2, 0.25) is 0 Å². The molecule has 21 heavy (non-hydrogen) atoms. The van der Waals surface area contributed by atoms with Crippen molar-refractivity contribution in [2.24, 2.45) is 0 Å². The van der Waals surface area contributed by atoms with Gasteiger partial charge in [0.25, 0.3) is 0 Å². The standard InChI is InChI=1S/C16H15FN2OS/c1-10(12-5-3-4-6-13(12)17)19-15-8-7-11(20-2)9-14(15)18-16(19)21/h3-10H,1-2H3,(H,18,21). The lowest BCUT2D eigenvalue weighted by molar-refractivity contribution is 0.415. The number of benzene rings is 2. The number of fused-ring (bicyclic) bond motifs is 1. The van der Waals surface area contributed by atoms with Crippen molar-refractivity contribution in [3.8, 4) is 5.75 Å². The highest BCUT2D eigenvalue weighted by Crippen LogP contribution is 2.27. The van der Waals surface area contributed by atoms with Crippen LogP contribution in [0.4, 0.5) is 4.39 Å². The van der Waals surface area contributed by atoms with E-state index in [1.807, 2.05) is 35.8 Å². The van der Waals surface area contributed by atoms with Gasteiger partial charge in [0, 0.05) is 11.6 Å². The van der Waals surface area contributed by atoms with E-state index < -0.39 is 0 Å². The van der Waals surface area contributed by atoms with E-state index in [-0.39, 0.29) is 11.9 Å². The highest BCUT2D eigenvalue weighted by Gasteiger charge is 2.16. The molecule has 5 heteroatoms. The van der Waals surface area contributed by atoms with E-state index in [0.717, 1.165) is 16.8 Å². The highest BCUT2D eigenvalue weighted by molar-refractivity contribution is 7.71. The van der Waals surface area contributed by atoms with Gasteiger partial charge in [-0.3, -0.25) is 0 Å². The van der Waals surface area contributed by atoms with Crippen LogP contribution < -0.4 is 4.74 Å². The molecule has 0 aliphatic heterocycles. The predicted octanol–water partition coefficient (Wildman–Crippen LogP) is 4.46. The highest BCUT2D eigenvalue weighted by atomic mass is 32.1. The molecule has 3 aromatic rings. The largest absolute Gasteiger partial charge is 0.497 e. The number of halogens is 1. The summed E-state index contributed by atoms with van der Waals surface area (Å²) in [5, 5.41) is 0. The Balaban J connectivity index is 2.18. The molecule has 1 atom stereocenters. The molecule has 0 spiro atoms. The molecule has 0 bridgehead atoms. The molecule has 0 aliphatic rings. The number of imidazole rings is 1. The first-order valence-electron chi connectivity index (χ1n) is 6.64. The molecule has 0 amide bonds. The zero-order valence-corrected chi connectivity index (χ0v) is 12.6. The van der Waals surface area contributed by atoms with E-state index in [9.17, 15) is 4.39 Å². The Morgan fingerprint density at radius 3 is 2.71 bits per heavy atom. The van der Waals surface area contributed by atoms with Crippen LogP contribution in [0.1, 0.15) is 18.5 Å². The summed E-state index contributed by atoms with van der Waals surface area (Å²) in [7, 11) is 1.62. The maximum absolute atomic E-state index is 14.0. The molecule has 1 aromatic heterocycles. The van der Waals surface area contributed by atoms with Crippen LogP contribution in [0, 0.1) is 10.6 Å². The van der Waals surface area contributed by atoms with Crippen molar-refractivity contribution in [3.63, 3.8) is 0 Å². The Hall–Kier alpha value is -2.14. The third-order valence-electron chi connectivity index (χ3n) is 3.67. The van der Waals surface area contributed by atoms with Crippen LogP contribution in [0.15, 0.2) is 42.5 Å². The first kappa shape index (κ1) is 13.8. The number of aromatic amines is 1. The first-order chi connectivity index (χ1) is 10.1. The summed E-state index contributed by atoms with van der Waals surface area (Å²) < 4.78 is 21.7. The SMILES string of the molecule is COc1ccc2c(c1)[nH]c(=S)n2C(C)c1ccccc1F. The second-order valence-corrected chi connectivity index (χ2v) is 5.27. The van der Waals surface area contributed by atoms with Gasteiger partial charge in [0.15, 0.2) is 4.77 Å². The Kier molecular flexibility index (Phi) is 3.51. The normalized spacial score (nSPS) is 12.5. The number of hydrogen-bond acceptors (Lipinski definition) is 2. The molecular weight excluding hydrogens is 287 g/mol. The minimum atomic E-state index is -0.227. The van der Waals surface area contributed by atoms with E-state index in [4.69, 9.17) is 17.0 Å². The molecule has 3 rings (SSSR count). The van der Waals surface area contributed by atoms with Crippen LogP contribution in [0.25, 0.3) is 11.0 Å². The number of hydrogen-bond donors (Lipinski definition) is 1. The smallest absolute Gasteiger partial charge is 0.178 e. The summed E-state index contributed by atoms with van der Waals surface area (Å²) in [6.45, 7) is 1.94. The number of aromatic nitrogens is 2. The van der Waals surface area contributed by atoms with Crippen LogP contribution >= 0.6 is 12.2 Å². The maximum Gasteiger partial charge on any atom is 0.178 e. The topological polar surface area (TPSA) is 29.9 Å². The van der Waals surface area contributed by atoms with Crippen molar-refractivity contribution in [2.75, 3.05) is 7.11 Å². The maximum atomic E-state index is 14.0. The van der Waals surface area contributed by atoms with Crippen molar-refractivity contribution in [2.45, 2.75) is 13.0 Å². The Morgan fingerprint density at radius 1 is 1.24 bits per heavy atom. The second kappa shape index (κ2) is 5.33. The van der Waals surface area contributed by atoms with Crippen LogP contribution in [-0.4, -0.2) is 16.7 Å². The number of ether oxygens (including phenoxy) is 1. The fourth-order valence-electron chi connectivity index (χ4n) is 2.57. The number of rotatable bonds is 3. The fraction of sp³-hybridized carbons (Fsp3) is 0.188. The summed E-state index contributed by atoms with van der Waals surface area (Å²) in [5.74, 6) is 0.527. The van der Waals surface area contributed by atoms with Gasteiger partial charge in [0.2, 0.25) is 0 Å². The molecule has 0 radical (unpaired) electrons. The Bertz CT molecular complexity index is 853. The number of H-pyrrole nitrogens is 1. The average Bonchev–Trinajstić information content (AvgIpc) is 2.81. The lowest BCUT2D eigenvalue weighted by Gasteiger charge is -2.16. The first-order valence-corrected chi connectivity index (χ1v) is 7.05. The van der Waals surface area contributed by atoms with Crippen molar-refractivity contribution in [1.82, 2.24) is 9.55 Å². The summed E-state index contributed by atoms with van der Waals surface area (Å²) in [5.41, 5.74) is 2.42. The molecule has 1 N–H and O–H groups in total. The molecule has 0 saturated heterocycles. The zero-order chi connectivity index (χ0) is 15.0. The summed E-state index contributed by atoms with van der Waals surface area (Å²) >= 11 is 5.40. The van der Waals surface area contributed by atoms with Crippen LogP contribution in [-0.2, 0) is 0 Å². The van der Waals surface area contributed by atoms with Crippen molar-refractivity contribution in [1.29, 1.82) is 0 Å². The Labute approximate surface area is 127 Å². The number of nitrogens with one attached hydrogen (secondary N) is 1. The average molecular weight is 302 g/mol. The van der Waals surface area contributed by atoms with E-state index in [1.165, 1.54) is 6.07 Å². The van der Waals surface area contributed by atoms with E-state index in [0.29, 0.717) is 10.3 Å². The molecular formula is C16H15FN2OS. The lowest BCUT2D eigenvalue weighted by Crippen LogP contribution is -2.08. The third kappa shape index (κ3) is 2.34. The monoisotopic (exact) mass is 302 g/mol. The summed E-state index contributed by atoms with van der Waals surface area (Å²) in [6.07, 6.45) is 0. The zero-order valence-electron chi connectivity index (χ0n) is 11.8. The van der Waals surface area contributed by atoms with E-state index in [2.05, 4.69) is 4.98 Å². The van der Waals surface area contributed by atoms with Crippen molar-refractivity contribution in [3.05, 3.63) is 58.6 Å². The van der Waals surface area contributed by atoms with Crippen molar-refractivity contribution >= 4 is 23.3 Å². The van der Waals surface area contributed by atoms with Gasteiger partial charge in [-0.05, 0) is 37.3 Å². The van der Waals surface area contributed by atoms with Gasteiger partial charge in [0.05, 0.1) is 24.2 Å². The van der Waals surface area contributed by atoms with E-state index >= 15 is 0 Å². The van der Waals surface area contributed by atoms with Gasteiger partial charge < -0.3 is 14.3 Å². The van der Waals surface area contributed by atoms with Crippen LogP contribution in [0.3, 0.4) is 0 Å². The van der Waals surface area contributed by atoms with Gasteiger partial charge in [-0.15, -0.1) is 0 Å². The van der Waals surface area contributed by atoms with Gasteiger partial charge in [0.1, 0.15) is 11.6 Å². The summed E-state index contributed by atoms with van der Waals surface area (Å²) in [4.78, 5) is 3.15. The van der Waals surface area contributed by atoms with Gasteiger partial charge in [-0.1, -0.05) is 18.2 Å². The van der Waals surface area contributed by atoms with Crippen molar-refractivity contribution < 1.29 is 9.13 Å². The predicted molar refractivity (Wildman–Crippen MR) is 83.9 cm³/mol.